The molecule has 1 N–H and O–H groups in total. The van der Waals surface area contributed by atoms with E-state index in [2.05, 4.69) is 29.2 Å². The molecule has 6 nitrogen and oxygen atoms in total. The first-order valence-electron chi connectivity index (χ1n) is 8.13. The van der Waals surface area contributed by atoms with E-state index in [1.165, 1.54) is 16.9 Å². The summed E-state index contributed by atoms with van der Waals surface area (Å²) in [6.45, 7) is 3.10. The summed E-state index contributed by atoms with van der Waals surface area (Å²) in [6.07, 6.45) is 0.562. The Bertz CT molecular complexity index is 757. The first kappa shape index (κ1) is 17.6. The number of aliphatic carboxylic acids is 1. The lowest BCUT2D eigenvalue weighted by molar-refractivity contribution is -0.139. The van der Waals surface area contributed by atoms with E-state index < -0.39 is 12.0 Å². The Labute approximate surface area is 150 Å². The number of carboxylic acid groups (broad SMARTS) is 1. The van der Waals surface area contributed by atoms with E-state index in [-0.39, 0.29) is 18.9 Å². The van der Waals surface area contributed by atoms with Crippen molar-refractivity contribution in [2.75, 3.05) is 19.8 Å². The molecule has 2 heterocycles. The molecule has 1 aromatic heterocycles. The second-order valence-corrected chi connectivity index (χ2v) is 7.06. The number of carbonyl (C=O) groups is 2. The summed E-state index contributed by atoms with van der Waals surface area (Å²) in [5, 5.41) is 11.6. The van der Waals surface area contributed by atoms with Gasteiger partial charge in [0.05, 0.1) is 30.7 Å². The summed E-state index contributed by atoms with van der Waals surface area (Å²) in [5.74, 6) is -1.16. The monoisotopic (exact) mass is 360 g/mol. The van der Waals surface area contributed by atoms with E-state index in [0.29, 0.717) is 25.3 Å². The van der Waals surface area contributed by atoms with Gasteiger partial charge in [-0.05, 0) is 12.5 Å². The van der Waals surface area contributed by atoms with Crippen LogP contribution in [-0.4, -0.2) is 52.7 Å². The van der Waals surface area contributed by atoms with Gasteiger partial charge in [0.15, 0.2) is 0 Å². The molecule has 1 aliphatic rings. The van der Waals surface area contributed by atoms with E-state index in [0.717, 1.165) is 10.6 Å². The number of aryl methyl sites for hydroxylation is 1. The lowest BCUT2D eigenvalue weighted by Gasteiger charge is -2.34. The zero-order valence-corrected chi connectivity index (χ0v) is 14.8. The van der Waals surface area contributed by atoms with Crippen LogP contribution < -0.4 is 0 Å². The van der Waals surface area contributed by atoms with Crippen molar-refractivity contribution in [1.82, 2.24) is 9.88 Å². The molecule has 0 bridgehead atoms. The number of ether oxygens (including phenoxy) is 1. The van der Waals surface area contributed by atoms with Crippen molar-refractivity contribution in [3.8, 4) is 0 Å². The molecule has 0 aliphatic carbocycles. The number of rotatable bonds is 5. The van der Waals surface area contributed by atoms with Gasteiger partial charge in [-0.3, -0.25) is 9.59 Å². The SMILES string of the molecule is Cc1ccc(Cc2nc(C(=O)N3CCOCC3CC(=O)O)cs2)cc1. The largest absolute Gasteiger partial charge is 0.481 e. The average Bonchev–Trinajstić information content (AvgIpc) is 3.05. The Morgan fingerprint density at radius 3 is 2.84 bits per heavy atom. The zero-order valence-electron chi connectivity index (χ0n) is 14.0. The van der Waals surface area contributed by atoms with Crippen LogP contribution in [0.3, 0.4) is 0 Å². The number of aromatic nitrogens is 1. The van der Waals surface area contributed by atoms with Gasteiger partial charge in [0, 0.05) is 18.3 Å². The summed E-state index contributed by atoms with van der Waals surface area (Å²) in [4.78, 5) is 29.7. The summed E-state index contributed by atoms with van der Waals surface area (Å²) in [5.41, 5.74) is 2.73. The van der Waals surface area contributed by atoms with Crippen LogP contribution in [0.25, 0.3) is 0 Å². The Kier molecular flexibility index (Phi) is 5.45. The molecule has 1 aliphatic heterocycles. The van der Waals surface area contributed by atoms with E-state index in [1.54, 1.807) is 10.3 Å². The van der Waals surface area contributed by atoms with Crippen LogP contribution in [0.15, 0.2) is 29.6 Å². The first-order chi connectivity index (χ1) is 12.0. The topological polar surface area (TPSA) is 79.7 Å². The Morgan fingerprint density at radius 1 is 1.36 bits per heavy atom. The van der Waals surface area contributed by atoms with Crippen LogP contribution in [0.2, 0.25) is 0 Å². The van der Waals surface area contributed by atoms with Gasteiger partial charge < -0.3 is 14.7 Å². The third kappa shape index (κ3) is 4.43. The van der Waals surface area contributed by atoms with E-state index >= 15 is 0 Å². The fourth-order valence-electron chi connectivity index (χ4n) is 2.81. The van der Waals surface area contributed by atoms with E-state index in [9.17, 15) is 9.59 Å². The molecule has 2 aromatic rings. The minimum Gasteiger partial charge on any atom is -0.481 e. The van der Waals surface area contributed by atoms with Crippen molar-refractivity contribution in [2.45, 2.75) is 25.8 Å². The van der Waals surface area contributed by atoms with Crippen LogP contribution >= 0.6 is 11.3 Å². The molecule has 0 saturated carbocycles. The third-order valence-electron chi connectivity index (χ3n) is 4.15. The third-order valence-corrected chi connectivity index (χ3v) is 4.99. The van der Waals surface area contributed by atoms with Gasteiger partial charge in [-0.15, -0.1) is 11.3 Å². The maximum Gasteiger partial charge on any atom is 0.305 e. The quantitative estimate of drug-likeness (QED) is 0.885. The zero-order chi connectivity index (χ0) is 17.8. The number of hydrogen-bond acceptors (Lipinski definition) is 5. The number of nitrogens with zero attached hydrogens (tertiary/aromatic N) is 2. The molecular weight excluding hydrogens is 340 g/mol. The van der Waals surface area contributed by atoms with E-state index in [1.807, 2.05) is 6.92 Å². The van der Waals surface area contributed by atoms with Gasteiger partial charge in [-0.2, -0.15) is 0 Å². The molecule has 0 radical (unpaired) electrons. The lowest BCUT2D eigenvalue weighted by atomic mass is 10.1. The average molecular weight is 360 g/mol. The van der Waals surface area contributed by atoms with Crippen LogP contribution in [0, 0.1) is 6.92 Å². The highest BCUT2D eigenvalue weighted by Crippen LogP contribution is 2.19. The Hall–Kier alpha value is -2.25. The van der Waals surface area contributed by atoms with Crippen LogP contribution in [-0.2, 0) is 16.0 Å². The number of carboxylic acids is 1. The minimum absolute atomic E-state index is 0.119. The number of benzene rings is 1. The highest BCUT2D eigenvalue weighted by Gasteiger charge is 2.30. The first-order valence-corrected chi connectivity index (χ1v) is 9.01. The molecule has 1 unspecified atom stereocenters. The molecule has 3 rings (SSSR count). The van der Waals surface area contributed by atoms with Crippen molar-refractivity contribution in [3.63, 3.8) is 0 Å². The summed E-state index contributed by atoms with van der Waals surface area (Å²) >= 11 is 1.45. The van der Waals surface area contributed by atoms with Gasteiger partial charge in [-0.1, -0.05) is 29.8 Å². The van der Waals surface area contributed by atoms with Gasteiger partial charge in [0.1, 0.15) is 5.69 Å². The van der Waals surface area contributed by atoms with Crippen LogP contribution in [0.4, 0.5) is 0 Å². The highest BCUT2D eigenvalue weighted by atomic mass is 32.1. The predicted octanol–water partition coefficient (Wildman–Crippen LogP) is 2.36. The maximum absolute atomic E-state index is 12.7. The molecule has 132 valence electrons. The normalized spacial score (nSPS) is 17.5. The molecule has 25 heavy (non-hydrogen) atoms. The standard InChI is InChI=1S/C18H20N2O4S/c1-12-2-4-13(5-3-12)8-16-19-15(11-25-16)18(23)20-6-7-24-10-14(20)9-17(21)22/h2-5,11,14H,6-10H2,1H3,(H,21,22). The van der Waals surface area contributed by atoms with Gasteiger partial charge >= 0.3 is 5.97 Å². The summed E-state index contributed by atoms with van der Waals surface area (Å²) in [6, 6.07) is 7.78. The minimum atomic E-state index is -0.938. The maximum atomic E-state index is 12.7. The predicted molar refractivity (Wildman–Crippen MR) is 94.0 cm³/mol. The lowest BCUT2D eigenvalue weighted by Crippen LogP contribution is -2.49. The summed E-state index contributed by atoms with van der Waals surface area (Å²) in [7, 11) is 0. The molecule has 7 heteroatoms. The second-order valence-electron chi connectivity index (χ2n) is 6.11. The van der Waals surface area contributed by atoms with Gasteiger partial charge in [0.25, 0.3) is 5.91 Å². The molecular formula is C18H20N2O4S. The number of thiazole rings is 1. The number of amides is 1. The fourth-order valence-corrected chi connectivity index (χ4v) is 3.61. The molecule has 1 aromatic carbocycles. The Morgan fingerprint density at radius 2 is 2.12 bits per heavy atom. The fraction of sp³-hybridized carbons (Fsp3) is 0.389. The van der Waals surface area contributed by atoms with Crippen LogP contribution in [0.5, 0.6) is 0 Å². The molecule has 1 saturated heterocycles. The van der Waals surface area contributed by atoms with E-state index in [4.69, 9.17) is 9.84 Å². The molecule has 0 spiro atoms. The number of carbonyl (C=O) groups excluding carboxylic acids is 1. The van der Waals surface area contributed by atoms with Crippen LogP contribution in [0.1, 0.15) is 33.0 Å². The van der Waals surface area contributed by atoms with Crippen molar-refractivity contribution < 1.29 is 19.4 Å². The number of hydrogen-bond donors (Lipinski definition) is 1. The second kappa shape index (κ2) is 7.76. The highest BCUT2D eigenvalue weighted by molar-refractivity contribution is 7.09. The van der Waals surface area contributed by atoms with Crippen molar-refractivity contribution in [3.05, 3.63) is 51.5 Å². The molecule has 1 atom stereocenters. The van der Waals surface area contributed by atoms with Gasteiger partial charge in [0.2, 0.25) is 0 Å². The Balaban J connectivity index is 1.70. The molecule has 1 amide bonds. The smallest absolute Gasteiger partial charge is 0.305 e. The van der Waals surface area contributed by atoms with Crippen molar-refractivity contribution in [1.29, 1.82) is 0 Å². The molecule has 1 fully saturated rings. The van der Waals surface area contributed by atoms with Gasteiger partial charge in [-0.25, -0.2) is 4.98 Å². The summed E-state index contributed by atoms with van der Waals surface area (Å²) < 4.78 is 5.32. The number of morpholine rings is 1. The van der Waals surface area contributed by atoms with Crippen molar-refractivity contribution >= 4 is 23.2 Å². The van der Waals surface area contributed by atoms with Crippen molar-refractivity contribution in [2.24, 2.45) is 0 Å².